The molecule has 37 heavy (non-hydrogen) atoms. The van der Waals surface area contributed by atoms with Gasteiger partial charge in [-0.2, -0.15) is 0 Å². The van der Waals surface area contributed by atoms with E-state index in [4.69, 9.17) is 21.1 Å². The van der Waals surface area contributed by atoms with Gasteiger partial charge in [0.25, 0.3) is 0 Å². The maximum absolute atomic E-state index is 11.4. The predicted octanol–water partition coefficient (Wildman–Crippen LogP) is 6.02. The highest BCUT2D eigenvalue weighted by Crippen LogP contribution is 2.43. The van der Waals surface area contributed by atoms with E-state index in [1.54, 1.807) is 32.2 Å². The number of nitrogens with one attached hydrogen (secondary N) is 1. The van der Waals surface area contributed by atoms with E-state index in [1.807, 2.05) is 30.3 Å². The van der Waals surface area contributed by atoms with Crippen LogP contribution in [0.2, 0.25) is 5.02 Å². The first-order valence-corrected chi connectivity index (χ1v) is 14.3. The van der Waals surface area contributed by atoms with E-state index in [2.05, 4.69) is 22.4 Å². The molecule has 0 aliphatic carbocycles. The fourth-order valence-corrected chi connectivity index (χ4v) is 6.47. The van der Waals surface area contributed by atoms with Crippen LogP contribution >= 0.6 is 23.4 Å². The number of nitrogens with zero attached hydrogens (tertiary/aromatic N) is 1. The van der Waals surface area contributed by atoms with E-state index in [0.717, 1.165) is 67.6 Å². The summed E-state index contributed by atoms with van der Waals surface area (Å²) in [7, 11) is 3.29. The Labute approximate surface area is 228 Å². The van der Waals surface area contributed by atoms with E-state index in [0.29, 0.717) is 22.8 Å². The van der Waals surface area contributed by atoms with Crippen LogP contribution in [0.3, 0.4) is 0 Å². The fraction of sp³-hybridized carbons (Fsp3) is 0.483. The third-order valence-corrected chi connectivity index (χ3v) is 8.97. The Morgan fingerprint density at radius 1 is 1.03 bits per heavy atom. The minimum absolute atomic E-state index is 0.218. The topological polar surface area (TPSA) is 83.8 Å². The van der Waals surface area contributed by atoms with E-state index < -0.39 is 12.2 Å². The molecule has 3 aromatic rings. The number of benzene rings is 2. The lowest BCUT2D eigenvalue weighted by molar-refractivity contribution is -0.0201. The average molecular weight is 545 g/mol. The lowest BCUT2D eigenvalue weighted by atomic mass is 9.69. The highest BCUT2D eigenvalue weighted by molar-refractivity contribution is 7.99. The highest BCUT2D eigenvalue weighted by atomic mass is 35.5. The van der Waals surface area contributed by atoms with E-state index in [1.165, 1.54) is 4.90 Å². The number of aromatic nitrogens is 1. The van der Waals surface area contributed by atoms with Gasteiger partial charge in [-0.15, -0.1) is 11.8 Å². The van der Waals surface area contributed by atoms with Crippen LogP contribution in [0.5, 0.6) is 11.5 Å². The summed E-state index contributed by atoms with van der Waals surface area (Å²) in [6.45, 7) is 1.76. The number of hydrogen-bond donors (Lipinski definition) is 3. The normalized spacial score (nSPS) is 16.9. The van der Waals surface area contributed by atoms with Gasteiger partial charge in [0.2, 0.25) is 0 Å². The molecule has 2 atom stereocenters. The molecule has 0 spiro atoms. The molecule has 0 bridgehead atoms. The van der Waals surface area contributed by atoms with Gasteiger partial charge in [0.15, 0.2) is 0 Å². The number of methoxy groups -OCH3 is 2. The molecule has 8 heteroatoms. The third-order valence-electron chi connectivity index (χ3n) is 7.57. The van der Waals surface area contributed by atoms with Crippen LogP contribution in [0.25, 0.3) is 10.9 Å². The molecule has 1 aliphatic rings. The molecular weight excluding hydrogens is 508 g/mol. The third kappa shape index (κ3) is 6.89. The molecule has 2 heterocycles. The number of aliphatic hydroxyl groups excluding tert-OH is 2. The summed E-state index contributed by atoms with van der Waals surface area (Å²) >= 11 is 8.33. The zero-order chi connectivity index (χ0) is 26.3. The molecule has 200 valence electrons. The highest BCUT2D eigenvalue weighted by Gasteiger charge is 2.39. The summed E-state index contributed by atoms with van der Waals surface area (Å²) in [4.78, 5) is 5.61. The quantitative estimate of drug-likeness (QED) is 0.190. The first-order valence-electron chi connectivity index (χ1n) is 12.9. The van der Waals surface area contributed by atoms with Crippen molar-refractivity contribution in [3.05, 3.63) is 59.2 Å². The lowest BCUT2D eigenvalue weighted by Crippen LogP contribution is -2.44. The van der Waals surface area contributed by atoms with E-state index >= 15 is 0 Å². The standard InChI is InChI=1S/C29H37ClN2O4S/c1-35-20-5-8-22(9-6-20)37-17-3-4-27(34)29(13-15-31-16-14-29)12-11-26(33)28-23-18-21(36-2)7-10-25(23)32-19-24(28)30/h5-10,18-19,26-27,31,33-34H,3-4,11-17H2,1-2H3/t26-,27+/m1/s1. The first-order chi connectivity index (χ1) is 18.0. The maximum Gasteiger partial charge on any atom is 0.119 e. The maximum atomic E-state index is 11.4. The Bertz CT molecular complexity index is 1150. The van der Waals surface area contributed by atoms with Gasteiger partial charge in [-0.05, 0) is 105 Å². The second-order valence-electron chi connectivity index (χ2n) is 9.75. The van der Waals surface area contributed by atoms with Crippen molar-refractivity contribution in [2.24, 2.45) is 5.41 Å². The van der Waals surface area contributed by atoms with Crippen molar-refractivity contribution in [3.8, 4) is 11.5 Å². The van der Waals surface area contributed by atoms with Gasteiger partial charge < -0.3 is 25.0 Å². The molecule has 6 nitrogen and oxygen atoms in total. The zero-order valence-electron chi connectivity index (χ0n) is 21.6. The molecule has 1 aromatic heterocycles. The summed E-state index contributed by atoms with van der Waals surface area (Å²) in [5, 5.41) is 27.4. The minimum Gasteiger partial charge on any atom is -0.497 e. The molecule has 1 fully saturated rings. The number of aliphatic hydroxyl groups is 2. The van der Waals surface area contributed by atoms with Crippen molar-refractivity contribution in [3.63, 3.8) is 0 Å². The smallest absolute Gasteiger partial charge is 0.119 e. The van der Waals surface area contributed by atoms with Crippen LogP contribution in [0.1, 0.15) is 50.2 Å². The molecule has 1 aliphatic heterocycles. The minimum atomic E-state index is -0.755. The van der Waals surface area contributed by atoms with E-state index in [9.17, 15) is 10.2 Å². The Morgan fingerprint density at radius 2 is 1.73 bits per heavy atom. The summed E-state index contributed by atoms with van der Waals surface area (Å²) in [5.41, 5.74) is 1.23. The number of pyridine rings is 1. The van der Waals surface area contributed by atoms with E-state index in [-0.39, 0.29) is 5.41 Å². The molecule has 0 unspecified atom stereocenters. The second kappa shape index (κ2) is 13.2. The van der Waals surface area contributed by atoms with Crippen molar-refractivity contribution in [2.75, 3.05) is 33.1 Å². The summed E-state index contributed by atoms with van der Waals surface area (Å²) in [5.74, 6) is 2.50. The molecule has 3 N–H and O–H groups in total. The predicted molar refractivity (Wildman–Crippen MR) is 151 cm³/mol. The Morgan fingerprint density at radius 3 is 2.43 bits per heavy atom. The monoisotopic (exact) mass is 544 g/mol. The van der Waals surface area contributed by atoms with Gasteiger partial charge in [0.05, 0.1) is 37.0 Å². The van der Waals surface area contributed by atoms with Crippen molar-refractivity contribution in [2.45, 2.75) is 55.6 Å². The van der Waals surface area contributed by atoms with Crippen molar-refractivity contribution >= 4 is 34.3 Å². The van der Waals surface area contributed by atoms with Crippen LogP contribution in [-0.4, -0.2) is 54.4 Å². The largest absolute Gasteiger partial charge is 0.497 e. The summed E-state index contributed by atoms with van der Waals surface area (Å²) in [6, 6.07) is 13.7. The number of piperidine rings is 1. The molecular formula is C29H37ClN2O4S. The van der Waals surface area contributed by atoms with Crippen LogP contribution in [0, 0.1) is 5.41 Å². The van der Waals surface area contributed by atoms with Gasteiger partial charge in [0.1, 0.15) is 11.5 Å². The lowest BCUT2D eigenvalue weighted by Gasteiger charge is -2.42. The first kappa shape index (κ1) is 28.0. The molecule has 0 saturated carbocycles. The Kier molecular flexibility index (Phi) is 9.96. The van der Waals surface area contributed by atoms with Crippen molar-refractivity contribution in [1.29, 1.82) is 0 Å². The molecule has 0 radical (unpaired) electrons. The molecule has 0 amide bonds. The SMILES string of the molecule is COc1ccc(SCCC[C@H](O)C2(CC[C@@H](O)c3c(Cl)cnc4ccc(OC)cc34)CCNCC2)cc1. The van der Waals surface area contributed by atoms with Crippen LogP contribution in [0.4, 0.5) is 0 Å². The van der Waals surface area contributed by atoms with Crippen molar-refractivity contribution in [1.82, 2.24) is 10.3 Å². The average Bonchev–Trinajstić information content (AvgIpc) is 2.94. The van der Waals surface area contributed by atoms with Crippen LogP contribution in [0.15, 0.2) is 53.6 Å². The second-order valence-corrected chi connectivity index (χ2v) is 11.3. The summed E-state index contributed by atoms with van der Waals surface area (Å²) < 4.78 is 10.6. The number of ether oxygens (including phenoxy) is 2. The molecule has 1 saturated heterocycles. The fourth-order valence-electron chi connectivity index (χ4n) is 5.32. The number of hydrogen-bond acceptors (Lipinski definition) is 7. The van der Waals surface area contributed by atoms with Crippen molar-refractivity contribution < 1.29 is 19.7 Å². The van der Waals surface area contributed by atoms with Gasteiger partial charge in [0, 0.05) is 22.0 Å². The van der Waals surface area contributed by atoms with Gasteiger partial charge >= 0.3 is 0 Å². The van der Waals surface area contributed by atoms with Gasteiger partial charge in [-0.25, -0.2) is 0 Å². The summed E-state index contributed by atoms with van der Waals surface area (Å²) in [6.07, 6.45) is 5.14. The number of fused-ring (bicyclic) bond motifs is 1. The van der Waals surface area contributed by atoms with Crippen LogP contribution in [-0.2, 0) is 0 Å². The molecule has 2 aromatic carbocycles. The van der Waals surface area contributed by atoms with Gasteiger partial charge in [-0.1, -0.05) is 11.6 Å². The Balaban J connectivity index is 1.40. The number of halogens is 1. The van der Waals surface area contributed by atoms with Gasteiger partial charge in [-0.3, -0.25) is 4.98 Å². The molecule has 4 rings (SSSR count). The Hall–Kier alpha value is -2.03. The number of rotatable bonds is 12. The zero-order valence-corrected chi connectivity index (χ0v) is 23.2. The van der Waals surface area contributed by atoms with Crippen LogP contribution < -0.4 is 14.8 Å². The number of thioether (sulfide) groups is 1.